The van der Waals surface area contributed by atoms with Gasteiger partial charge in [0.2, 0.25) is 15.9 Å². The molecule has 0 aliphatic heterocycles. The number of nitrogens with two attached hydrogens (primary N) is 1. The van der Waals surface area contributed by atoms with E-state index in [1.54, 1.807) is 15.9 Å². The van der Waals surface area contributed by atoms with Crippen molar-refractivity contribution in [2.45, 2.75) is 36.2 Å². The van der Waals surface area contributed by atoms with E-state index in [1.165, 1.54) is 40.9 Å². The summed E-state index contributed by atoms with van der Waals surface area (Å²) in [4.78, 5) is 33.2. The maximum atomic E-state index is 13.8. The molecule has 1 aliphatic carbocycles. The van der Waals surface area contributed by atoms with E-state index in [0.29, 0.717) is 32.7 Å². The highest BCUT2D eigenvalue weighted by atomic mass is 32.2. The summed E-state index contributed by atoms with van der Waals surface area (Å²) in [5, 5.41) is 9.00. The third-order valence-corrected chi connectivity index (χ3v) is 9.13. The maximum Gasteiger partial charge on any atom is 0.267 e. The van der Waals surface area contributed by atoms with E-state index in [2.05, 4.69) is 12.2 Å². The molecule has 3 N–H and O–H groups in total. The highest BCUT2D eigenvalue weighted by Gasteiger charge is 2.25. The van der Waals surface area contributed by atoms with E-state index >= 15 is 0 Å². The van der Waals surface area contributed by atoms with Crippen LogP contribution in [0.5, 0.6) is 0 Å². The molecule has 0 saturated carbocycles. The second-order valence-electron chi connectivity index (χ2n) is 8.81. The number of rotatable bonds is 6. The molecular formula is C25H24N4O4S3. The summed E-state index contributed by atoms with van der Waals surface area (Å²) in [6, 6.07) is 14.9. The standard InChI is InChI=1S/C25H24N4O4S3/c1-15-7-12-19-20(13-15)35-23-22(19)24(31)29(17-5-3-2-4-6-17)25(28-23)34-14-21(30)27-16-8-10-18(11-9-16)36(26,32)33/h2-6,8-11,15H,7,12-14H2,1H3,(H,27,30)(H2,26,32,33)/t15-/m1/s1. The van der Waals surface area contributed by atoms with Crippen molar-refractivity contribution in [3.05, 3.63) is 75.4 Å². The largest absolute Gasteiger partial charge is 0.325 e. The maximum absolute atomic E-state index is 13.8. The van der Waals surface area contributed by atoms with Crippen molar-refractivity contribution in [2.24, 2.45) is 11.1 Å². The molecule has 1 aliphatic rings. The Hall–Kier alpha value is -2.99. The van der Waals surface area contributed by atoms with E-state index in [4.69, 9.17) is 10.1 Å². The molecule has 2 aromatic carbocycles. The molecule has 186 valence electrons. The molecule has 2 aromatic heterocycles. The number of aryl methyl sites for hydroxylation is 1. The molecule has 8 nitrogen and oxygen atoms in total. The van der Waals surface area contributed by atoms with Gasteiger partial charge in [0.25, 0.3) is 5.56 Å². The number of nitrogens with one attached hydrogen (secondary N) is 1. The number of anilines is 1. The van der Waals surface area contributed by atoms with Crippen molar-refractivity contribution in [1.82, 2.24) is 9.55 Å². The predicted octanol–water partition coefficient (Wildman–Crippen LogP) is 3.95. The number of thioether (sulfide) groups is 1. The van der Waals surface area contributed by atoms with Crippen LogP contribution < -0.4 is 16.0 Å². The fraction of sp³-hybridized carbons (Fsp3) is 0.240. The molecule has 1 atom stereocenters. The zero-order chi connectivity index (χ0) is 25.4. The third-order valence-electron chi connectivity index (χ3n) is 6.11. The number of benzene rings is 2. The fourth-order valence-corrected chi connectivity index (χ4v) is 7.08. The number of nitrogens with zero attached hydrogens (tertiary/aromatic N) is 2. The molecule has 36 heavy (non-hydrogen) atoms. The molecule has 0 unspecified atom stereocenters. The number of primary sulfonamides is 1. The SMILES string of the molecule is C[C@@H]1CCc2c(sc3nc(SCC(=O)Nc4ccc(S(N)(=O)=O)cc4)n(-c4ccccc4)c(=O)c23)C1. The van der Waals surface area contributed by atoms with Crippen molar-refractivity contribution < 1.29 is 13.2 Å². The summed E-state index contributed by atoms with van der Waals surface area (Å²) < 4.78 is 24.4. The molecular weight excluding hydrogens is 517 g/mol. The van der Waals surface area contributed by atoms with Gasteiger partial charge in [0.15, 0.2) is 5.16 Å². The van der Waals surface area contributed by atoms with Crippen LogP contribution in [-0.2, 0) is 27.7 Å². The van der Waals surface area contributed by atoms with Gasteiger partial charge >= 0.3 is 0 Å². The molecule has 2 heterocycles. The van der Waals surface area contributed by atoms with Crippen molar-refractivity contribution in [3.8, 4) is 5.69 Å². The van der Waals surface area contributed by atoms with Gasteiger partial charge in [0.05, 0.1) is 21.7 Å². The molecule has 4 aromatic rings. The number of hydrogen-bond donors (Lipinski definition) is 2. The highest BCUT2D eigenvalue weighted by Crippen LogP contribution is 2.37. The number of amides is 1. The number of hydrogen-bond acceptors (Lipinski definition) is 7. The Kier molecular flexibility index (Phi) is 6.73. The average Bonchev–Trinajstić information content (AvgIpc) is 3.20. The fourth-order valence-electron chi connectivity index (χ4n) is 4.33. The molecule has 0 bridgehead atoms. The number of carbonyl (C=O) groups excluding carboxylic acids is 1. The first kappa shape index (κ1) is 24.7. The van der Waals surface area contributed by atoms with E-state index in [9.17, 15) is 18.0 Å². The van der Waals surface area contributed by atoms with Crippen LogP contribution in [0.4, 0.5) is 5.69 Å². The summed E-state index contributed by atoms with van der Waals surface area (Å²) >= 11 is 2.76. The second-order valence-corrected chi connectivity index (χ2v) is 12.4. The summed E-state index contributed by atoms with van der Waals surface area (Å²) in [6.45, 7) is 2.23. The predicted molar refractivity (Wildman–Crippen MR) is 144 cm³/mol. The first-order chi connectivity index (χ1) is 17.2. The number of para-hydroxylation sites is 1. The van der Waals surface area contributed by atoms with Gasteiger partial charge < -0.3 is 5.32 Å². The minimum Gasteiger partial charge on any atom is -0.325 e. The quantitative estimate of drug-likeness (QED) is 0.282. The third kappa shape index (κ3) is 4.96. The van der Waals surface area contributed by atoms with Crippen LogP contribution in [0.15, 0.2) is 69.4 Å². The molecule has 0 radical (unpaired) electrons. The van der Waals surface area contributed by atoms with Crippen LogP contribution in [0.25, 0.3) is 15.9 Å². The van der Waals surface area contributed by atoms with Gasteiger partial charge in [-0.05, 0) is 67.1 Å². The van der Waals surface area contributed by atoms with Gasteiger partial charge in [-0.1, -0.05) is 36.9 Å². The molecule has 0 spiro atoms. The first-order valence-corrected chi connectivity index (χ1v) is 14.7. The van der Waals surface area contributed by atoms with Crippen LogP contribution in [0, 0.1) is 5.92 Å². The van der Waals surface area contributed by atoms with E-state index in [1.807, 2.05) is 30.3 Å². The van der Waals surface area contributed by atoms with Crippen molar-refractivity contribution in [1.29, 1.82) is 0 Å². The smallest absolute Gasteiger partial charge is 0.267 e. The zero-order valence-corrected chi connectivity index (χ0v) is 21.9. The lowest BCUT2D eigenvalue weighted by Gasteiger charge is -2.17. The molecule has 1 amide bonds. The summed E-state index contributed by atoms with van der Waals surface area (Å²) in [5.74, 6) is 0.291. The Morgan fingerprint density at radius 1 is 1.19 bits per heavy atom. The number of carbonyl (C=O) groups is 1. The number of fused-ring (bicyclic) bond motifs is 3. The van der Waals surface area contributed by atoms with E-state index in [-0.39, 0.29) is 22.1 Å². The number of aromatic nitrogens is 2. The van der Waals surface area contributed by atoms with E-state index < -0.39 is 10.0 Å². The topological polar surface area (TPSA) is 124 Å². The van der Waals surface area contributed by atoms with Crippen molar-refractivity contribution in [3.63, 3.8) is 0 Å². The van der Waals surface area contributed by atoms with Crippen LogP contribution >= 0.6 is 23.1 Å². The second kappa shape index (κ2) is 9.81. The van der Waals surface area contributed by atoms with Gasteiger partial charge in [-0.25, -0.2) is 18.5 Å². The molecule has 11 heteroatoms. The van der Waals surface area contributed by atoms with Gasteiger partial charge in [-0.2, -0.15) is 0 Å². The summed E-state index contributed by atoms with van der Waals surface area (Å²) in [5.41, 5.74) is 2.15. The average molecular weight is 541 g/mol. The Morgan fingerprint density at radius 2 is 1.92 bits per heavy atom. The monoisotopic (exact) mass is 540 g/mol. The lowest BCUT2D eigenvalue weighted by molar-refractivity contribution is -0.113. The van der Waals surface area contributed by atoms with Crippen LogP contribution in [-0.4, -0.2) is 29.6 Å². The van der Waals surface area contributed by atoms with Gasteiger partial charge in [0.1, 0.15) is 4.83 Å². The Morgan fingerprint density at radius 3 is 2.61 bits per heavy atom. The Bertz CT molecular complexity index is 1610. The number of sulfonamides is 1. The molecule has 0 fully saturated rings. The number of thiophene rings is 1. The van der Waals surface area contributed by atoms with Crippen molar-refractivity contribution in [2.75, 3.05) is 11.1 Å². The first-order valence-electron chi connectivity index (χ1n) is 11.4. The lowest BCUT2D eigenvalue weighted by Crippen LogP contribution is -2.23. The van der Waals surface area contributed by atoms with Gasteiger partial charge in [-0.3, -0.25) is 14.2 Å². The summed E-state index contributed by atoms with van der Waals surface area (Å²) in [7, 11) is -3.81. The van der Waals surface area contributed by atoms with Crippen LogP contribution in [0.2, 0.25) is 0 Å². The molecule has 0 saturated heterocycles. The van der Waals surface area contributed by atoms with Crippen LogP contribution in [0.3, 0.4) is 0 Å². The van der Waals surface area contributed by atoms with Crippen molar-refractivity contribution >= 4 is 54.9 Å². The zero-order valence-electron chi connectivity index (χ0n) is 19.4. The van der Waals surface area contributed by atoms with E-state index in [0.717, 1.165) is 24.8 Å². The Balaban J connectivity index is 1.45. The minimum atomic E-state index is -3.81. The van der Waals surface area contributed by atoms with Gasteiger partial charge in [-0.15, -0.1) is 11.3 Å². The highest BCUT2D eigenvalue weighted by molar-refractivity contribution is 7.99. The van der Waals surface area contributed by atoms with Gasteiger partial charge in [0, 0.05) is 10.6 Å². The minimum absolute atomic E-state index is 0.0177. The lowest BCUT2D eigenvalue weighted by atomic mass is 9.89. The molecule has 5 rings (SSSR count). The Labute approximate surface area is 216 Å². The normalized spacial score (nSPS) is 15.6. The van der Waals surface area contributed by atoms with Crippen LogP contribution in [0.1, 0.15) is 23.8 Å². The summed E-state index contributed by atoms with van der Waals surface area (Å²) in [6.07, 6.45) is 2.89.